The van der Waals surface area contributed by atoms with Gasteiger partial charge in [-0.05, 0) is 55.5 Å². The molecule has 6 nitrogen and oxygen atoms in total. The average Bonchev–Trinajstić information content (AvgIpc) is 3.35. The summed E-state index contributed by atoms with van der Waals surface area (Å²) in [5.74, 6) is 1.17. The lowest BCUT2D eigenvalue weighted by atomic mass is 10.2. The number of methoxy groups -OCH3 is 1. The Hall–Kier alpha value is -2.97. The maximum Gasteiger partial charge on any atom is 0.256 e. The number of aryl methyl sites for hydroxylation is 1. The lowest BCUT2D eigenvalue weighted by Crippen LogP contribution is -2.15. The van der Waals surface area contributed by atoms with Crippen molar-refractivity contribution in [3.63, 3.8) is 0 Å². The van der Waals surface area contributed by atoms with Gasteiger partial charge in [0.25, 0.3) is 5.91 Å². The summed E-state index contributed by atoms with van der Waals surface area (Å²) in [6.45, 7) is 1.88. The van der Waals surface area contributed by atoms with Gasteiger partial charge in [-0.2, -0.15) is 9.78 Å². The molecule has 0 spiro atoms. The fourth-order valence-corrected chi connectivity index (χ4v) is 3.84. The van der Waals surface area contributed by atoms with E-state index in [9.17, 15) is 4.79 Å². The number of benzene rings is 2. The molecule has 0 unspecified atom stereocenters. The molecule has 2 aromatic carbocycles. The van der Waals surface area contributed by atoms with Gasteiger partial charge >= 0.3 is 0 Å². The summed E-state index contributed by atoms with van der Waals surface area (Å²) in [5.41, 5.74) is 3.18. The van der Waals surface area contributed by atoms with Gasteiger partial charge in [-0.15, -0.1) is 11.3 Å². The van der Waals surface area contributed by atoms with Crippen molar-refractivity contribution in [3.05, 3.63) is 75.7 Å². The number of anilines is 1. The van der Waals surface area contributed by atoms with Crippen LogP contribution in [0.15, 0.2) is 64.5 Å². The summed E-state index contributed by atoms with van der Waals surface area (Å²) in [4.78, 5) is 17.3. The van der Waals surface area contributed by atoms with Crippen LogP contribution in [-0.4, -0.2) is 27.8 Å². The number of nitrogens with zero attached hydrogens (tertiary/aromatic N) is 3. The number of thiazole rings is 1. The molecule has 0 saturated heterocycles. The summed E-state index contributed by atoms with van der Waals surface area (Å²) in [6.07, 6.45) is 0. The summed E-state index contributed by atoms with van der Waals surface area (Å²) in [6, 6.07) is 16.7. The van der Waals surface area contributed by atoms with E-state index in [1.807, 2.05) is 54.8 Å². The van der Waals surface area contributed by atoms with Crippen LogP contribution in [0.5, 0.6) is 5.75 Å². The second kappa shape index (κ2) is 8.18. The molecule has 0 atom stereocenters. The van der Waals surface area contributed by atoms with Crippen LogP contribution in [0.4, 0.5) is 5.82 Å². The van der Waals surface area contributed by atoms with Crippen LogP contribution >= 0.6 is 27.3 Å². The number of ether oxygens (including phenoxy) is 1. The number of rotatable bonds is 5. The molecule has 0 aliphatic rings. The monoisotopic (exact) mass is 468 g/mol. The van der Waals surface area contributed by atoms with Crippen molar-refractivity contribution in [2.45, 2.75) is 6.92 Å². The van der Waals surface area contributed by atoms with E-state index < -0.39 is 0 Å². The van der Waals surface area contributed by atoms with Crippen molar-refractivity contribution in [2.75, 3.05) is 12.4 Å². The second-order valence-corrected chi connectivity index (χ2v) is 8.04. The van der Waals surface area contributed by atoms with Crippen molar-refractivity contribution in [1.82, 2.24) is 14.8 Å². The van der Waals surface area contributed by atoms with Gasteiger partial charge in [0.2, 0.25) is 5.13 Å². The maximum absolute atomic E-state index is 12.6. The molecule has 0 aliphatic heterocycles. The van der Waals surface area contributed by atoms with Crippen molar-refractivity contribution >= 4 is 39.0 Å². The van der Waals surface area contributed by atoms with Gasteiger partial charge in [0.1, 0.15) is 11.6 Å². The van der Waals surface area contributed by atoms with Gasteiger partial charge < -0.3 is 10.1 Å². The fraction of sp³-hybridized carbons (Fsp3) is 0.0952. The SMILES string of the molecule is COc1ccc(-c2csc(-n3nc(C)cc3NC(=O)c3ccc(Br)cc3)n2)cc1. The smallest absolute Gasteiger partial charge is 0.256 e. The highest BCUT2D eigenvalue weighted by molar-refractivity contribution is 9.10. The molecule has 0 saturated carbocycles. The first-order chi connectivity index (χ1) is 14.0. The van der Waals surface area contributed by atoms with Crippen LogP contribution < -0.4 is 10.1 Å². The van der Waals surface area contributed by atoms with Gasteiger partial charge in [-0.1, -0.05) is 15.9 Å². The number of hydrogen-bond acceptors (Lipinski definition) is 5. The summed E-state index contributed by atoms with van der Waals surface area (Å²) in [7, 11) is 1.64. The topological polar surface area (TPSA) is 69.0 Å². The number of nitrogens with one attached hydrogen (secondary N) is 1. The molecular formula is C21H17BrN4O2S. The van der Waals surface area contributed by atoms with Gasteiger partial charge in [0, 0.05) is 27.0 Å². The Morgan fingerprint density at radius 3 is 2.55 bits per heavy atom. The number of hydrogen-bond donors (Lipinski definition) is 1. The van der Waals surface area contributed by atoms with Crippen LogP contribution in [0.2, 0.25) is 0 Å². The molecule has 0 fully saturated rings. The largest absolute Gasteiger partial charge is 0.497 e. The molecule has 0 radical (unpaired) electrons. The summed E-state index contributed by atoms with van der Waals surface area (Å²) >= 11 is 4.84. The number of carbonyl (C=O) groups excluding carboxylic acids is 1. The Labute approximate surface area is 180 Å². The molecule has 1 N–H and O–H groups in total. The van der Waals surface area contributed by atoms with E-state index in [-0.39, 0.29) is 5.91 Å². The van der Waals surface area contributed by atoms with E-state index in [2.05, 4.69) is 26.3 Å². The zero-order valence-corrected chi connectivity index (χ0v) is 18.1. The Bertz CT molecular complexity index is 1150. The Balaban J connectivity index is 1.60. The molecule has 1 amide bonds. The van der Waals surface area contributed by atoms with E-state index in [1.54, 1.807) is 23.9 Å². The van der Waals surface area contributed by atoms with Crippen LogP contribution in [0, 0.1) is 6.92 Å². The normalized spacial score (nSPS) is 10.7. The van der Waals surface area contributed by atoms with Crippen LogP contribution in [-0.2, 0) is 0 Å². The van der Waals surface area contributed by atoms with Gasteiger partial charge in [0.15, 0.2) is 0 Å². The van der Waals surface area contributed by atoms with E-state index in [0.29, 0.717) is 16.5 Å². The van der Waals surface area contributed by atoms with Crippen LogP contribution in [0.1, 0.15) is 16.1 Å². The minimum atomic E-state index is -0.203. The predicted octanol–water partition coefficient (Wildman–Crippen LogP) is 5.33. The molecule has 29 heavy (non-hydrogen) atoms. The summed E-state index contributed by atoms with van der Waals surface area (Å²) < 4.78 is 7.78. The molecule has 0 aliphatic carbocycles. The van der Waals surface area contributed by atoms with Gasteiger partial charge in [-0.25, -0.2) is 4.98 Å². The summed E-state index contributed by atoms with van der Waals surface area (Å²) in [5, 5.41) is 10.1. The highest BCUT2D eigenvalue weighted by Crippen LogP contribution is 2.27. The lowest BCUT2D eigenvalue weighted by molar-refractivity contribution is 0.102. The van der Waals surface area contributed by atoms with Crippen LogP contribution in [0.3, 0.4) is 0 Å². The Morgan fingerprint density at radius 2 is 1.86 bits per heavy atom. The third-order valence-corrected chi connectivity index (χ3v) is 5.58. The third-order valence-electron chi connectivity index (χ3n) is 4.24. The Morgan fingerprint density at radius 1 is 1.14 bits per heavy atom. The fourth-order valence-electron chi connectivity index (χ4n) is 2.78. The maximum atomic E-state index is 12.6. The average molecular weight is 469 g/mol. The van der Waals surface area contributed by atoms with Crippen molar-refractivity contribution in [1.29, 1.82) is 0 Å². The highest BCUT2D eigenvalue weighted by atomic mass is 79.9. The first kappa shape index (κ1) is 19.4. The Kier molecular flexibility index (Phi) is 5.46. The first-order valence-electron chi connectivity index (χ1n) is 8.77. The quantitative estimate of drug-likeness (QED) is 0.429. The minimum Gasteiger partial charge on any atom is -0.497 e. The number of aromatic nitrogens is 3. The third kappa shape index (κ3) is 4.23. The van der Waals surface area contributed by atoms with Crippen LogP contribution in [0.25, 0.3) is 16.4 Å². The number of carbonyl (C=O) groups is 1. The second-order valence-electron chi connectivity index (χ2n) is 6.29. The standard InChI is InChI=1S/C21H17BrN4O2S/c1-13-11-19(24-20(27)15-3-7-16(22)8-4-15)26(25-13)21-23-18(12-29-21)14-5-9-17(28-2)10-6-14/h3-12H,1-2H3,(H,24,27). The first-order valence-corrected chi connectivity index (χ1v) is 10.4. The molecule has 146 valence electrons. The van der Waals surface area contributed by atoms with E-state index in [0.717, 1.165) is 27.2 Å². The molecular weight excluding hydrogens is 452 g/mol. The molecule has 8 heteroatoms. The molecule has 4 rings (SSSR count). The minimum absolute atomic E-state index is 0.203. The van der Waals surface area contributed by atoms with E-state index in [4.69, 9.17) is 9.72 Å². The van der Waals surface area contributed by atoms with E-state index in [1.165, 1.54) is 11.3 Å². The lowest BCUT2D eigenvalue weighted by Gasteiger charge is -2.07. The van der Waals surface area contributed by atoms with Gasteiger partial charge in [-0.3, -0.25) is 4.79 Å². The van der Waals surface area contributed by atoms with E-state index >= 15 is 0 Å². The molecule has 2 aromatic heterocycles. The molecule has 0 bridgehead atoms. The molecule has 4 aromatic rings. The van der Waals surface area contributed by atoms with Crippen molar-refractivity contribution < 1.29 is 9.53 Å². The van der Waals surface area contributed by atoms with Crippen molar-refractivity contribution in [3.8, 4) is 22.1 Å². The zero-order valence-electron chi connectivity index (χ0n) is 15.7. The highest BCUT2D eigenvalue weighted by Gasteiger charge is 2.15. The molecule has 2 heterocycles. The van der Waals surface area contributed by atoms with Crippen molar-refractivity contribution in [2.24, 2.45) is 0 Å². The van der Waals surface area contributed by atoms with Gasteiger partial charge in [0.05, 0.1) is 18.5 Å². The number of amides is 1. The predicted molar refractivity (Wildman–Crippen MR) is 118 cm³/mol. The zero-order chi connectivity index (χ0) is 20.4. The number of halogens is 1.